The molecule has 0 radical (unpaired) electrons. The lowest BCUT2D eigenvalue weighted by Crippen LogP contribution is -2.52. The number of imide groups is 1. The molecule has 0 aromatic heterocycles. The summed E-state index contributed by atoms with van der Waals surface area (Å²) in [5.41, 5.74) is 2.18. The molecule has 2 fully saturated rings. The molecule has 2 aliphatic heterocycles. The number of amides is 3. The van der Waals surface area contributed by atoms with E-state index in [2.05, 4.69) is 28.5 Å². The highest BCUT2D eigenvalue weighted by Gasteiger charge is 2.39. The second kappa shape index (κ2) is 8.57. The summed E-state index contributed by atoms with van der Waals surface area (Å²) >= 11 is 6.45. The Morgan fingerprint density at radius 1 is 1.29 bits per heavy atom. The van der Waals surface area contributed by atoms with Gasteiger partial charge in [-0.15, -0.1) is 0 Å². The molecule has 8 heteroatoms. The maximum Gasteiger partial charge on any atom is 0.322 e. The molecule has 0 saturated carbocycles. The molecular weight excluding hydrogens is 380 g/mol. The van der Waals surface area contributed by atoms with Crippen molar-refractivity contribution in [2.75, 3.05) is 39.2 Å². The Labute approximate surface area is 171 Å². The van der Waals surface area contributed by atoms with Gasteiger partial charge in [-0.3, -0.25) is 15.0 Å². The Hall–Kier alpha value is -1.99. The SMILES string of the molecule is CCC([C@H]1NC(=O)NC1=O)N1CCC(c2cc(OC)c(Cl)c(N(C)C)c2)CC1. The molecule has 0 spiro atoms. The Morgan fingerprint density at radius 3 is 2.46 bits per heavy atom. The first-order valence-corrected chi connectivity index (χ1v) is 10.1. The van der Waals surface area contributed by atoms with Crippen molar-refractivity contribution >= 4 is 29.2 Å². The number of methoxy groups -OCH3 is 1. The summed E-state index contributed by atoms with van der Waals surface area (Å²) in [5.74, 6) is 0.879. The number of nitrogens with zero attached hydrogens (tertiary/aromatic N) is 2. The number of hydrogen-bond donors (Lipinski definition) is 2. The number of carbonyl (C=O) groups is 2. The first-order valence-electron chi connectivity index (χ1n) is 9.75. The average Bonchev–Trinajstić information content (AvgIpc) is 3.01. The topological polar surface area (TPSA) is 73.9 Å². The highest BCUT2D eigenvalue weighted by Crippen LogP contribution is 2.40. The second-order valence-electron chi connectivity index (χ2n) is 7.68. The van der Waals surface area contributed by atoms with Crippen LogP contribution in [0.15, 0.2) is 12.1 Å². The van der Waals surface area contributed by atoms with E-state index in [1.54, 1.807) is 7.11 Å². The Kier molecular flexibility index (Phi) is 6.35. The van der Waals surface area contributed by atoms with Crippen molar-refractivity contribution in [3.63, 3.8) is 0 Å². The van der Waals surface area contributed by atoms with Gasteiger partial charge < -0.3 is 15.0 Å². The molecule has 1 unspecified atom stereocenters. The van der Waals surface area contributed by atoms with Gasteiger partial charge in [-0.05, 0) is 56.0 Å². The van der Waals surface area contributed by atoms with Crippen molar-refractivity contribution in [2.45, 2.75) is 44.2 Å². The lowest BCUT2D eigenvalue weighted by molar-refractivity contribution is -0.121. The zero-order chi connectivity index (χ0) is 20.4. The summed E-state index contributed by atoms with van der Waals surface area (Å²) in [4.78, 5) is 27.9. The number of halogens is 1. The van der Waals surface area contributed by atoms with E-state index in [0.717, 1.165) is 38.0 Å². The number of hydrogen-bond acceptors (Lipinski definition) is 5. The molecule has 2 heterocycles. The molecule has 2 N–H and O–H groups in total. The van der Waals surface area contributed by atoms with Crippen LogP contribution in [0, 0.1) is 0 Å². The molecule has 1 aromatic carbocycles. The molecule has 7 nitrogen and oxygen atoms in total. The van der Waals surface area contributed by atoms with E-state index in [9.17, 15) is 9.59 Å². The minimum Gasteiger partial charge on any atom is -0.495 e. The van der Waals surface area contributed by atoms with Gasteiger partial charge in [0, 0.05) is 20.1 Å². The van der Waals surface area contributed by atoms with Crippen LogP contribution in [0.25, 0.3) is 0 Å². The first kappa shape index (κ1) is 20.7. The van der Waals surface area contributed by atoms with Gasteiger partial charge in [0.05, 0.1) is 12.8 Å². The summed E-state index contributed by atoms with van der Waals surface area (Å²) in [6.45, 7) is 3.82. The fourth-order valence-electron chi connectivity index (χ4n) is 4.29. The molecule has 0 bridgehead atoms. The molecule has 154 valence electrons. The monoisotopic (exact) mass is 408 g/mol. The second-order valence-corrected chi connectivity index (χ2v) is 8.05. The summed E-state index contributed by atoms with van der Waals surface area (Å²) in [5, 5.41) is 5.73. The van der Waals surface area contributed by atoms with Crippen LogP contribution in [0.4, 0.5) is 10.5 Å². The Bertz CT molecular complexity index is 747. The maximum absolute atomic E-state index is 12.1. The Morgan fingerprint density at radius 2 is 1.96 bits per heavy atom. The lowest BCUT2D eigenvalue weighted by Gasteiger charge is -2.39. The predicted octanol–water partition coefficient (Wildman–Crippen LogP) is 2.58. The van der Waals surface area contributed by atoms with E-state index in [-0.39, 0.29) is 11.9 Å². The number of carbonyl (C=O) groups excluding carboxylic acids is 2. The molecule has 2 aliphatic rings. The van der Waals surface area contributed by atoms with Gasteiger partial charge in [0.2, 0.25) is 0 Å². The van der Waals surface area contributed by atoms with E-state index in [4.69, 9.17) is 16.3 Å². The third-order valence-electron chi connectivity index (χ3n) is 5.82. The number of ether oxygens (including phenoxy) is 1. The standard InChI is InChI=1S/C20H29ClN4O3/c1-5-14(18-19(26)23-20(27)22-18)25-8-6-12(7-9-25)13-10-15(24(2)3)17(21)16(11-13)28-4/h10-12,14,18H,5-9H2,1-4H3,(H2,22,23,26,27)/t14?,18-/m1/s1. The summed E-state index contributed by atoms with van der Waals surface area (Å²) in [6, 6.07) is 3.34. The van der Waals surface area contributed by atoms with E-state index < -0.39 is 12.1 Å². The van der Waals surface area contributed by atoms with Crippen LogP contribution in [-0.2, 0) is 4.79 Å². The molecule has 2 saturated heterocycles. The van der Waals surface area contributed by atoms with Gasteiger partial charge in [-0.2, -0.15) is 0 Å². The average molecular weight is 409 g/mol. The highest BCUT2D eigenvalue weighted by molar-refractivity contribution is 6.34. The van der Waals surface area contributed by atoms with Crippen molar-refractivity contribution in [2.24, 2.45) is 0 Å². The van der Waals surface area contributed by atoms with Gasteiger partial charge in [0.25, 0.3) is 5.91 Å². The molecule has 1 aromatic rings. The normalized spacial score (nSPS) is 22.0. The fraction of sp³-hybridized carbons (Fsp3) is 0.600. The predicted molar refractivity (Wildman–Crippen MR) is 110 cm³/mol. The van der Waals surface area contributed by atoms with Crippen LogP contribution >= 0.6 is 11.6 Å². The number of urea groups is 1. The van der Waals surface area contributed by atoms with Gasteiger partial charge in [-0.1, -0.05) is 18.5 Å². The van der Waals surface area contributed by atoms with Gasteiger partial charge in [0.1, 0.15) is 16.8 Å². The van der Waals surface area contributed by atoms with Crippen molar-refractivity contribution in [1.82, 2.24) is 15.5 Å². The van der Waals surface area contributed by atoms with Crippen molar-refractivity contribution in [3.05, 3.63) is 22.7 Å². The van der Waals surface area contributed by atoms with Crippen molar-refractivity contribution in [1.29, 1.82) is 0 Å². The number of likely N-dealkylation sites (tertiary alicyclic amines) is 1. The number of benzene rings is 1. The van der Waals surface area contributed by atoms with E-state index in [0.29, 0.717) is 16.7 Å². The van der Waals surface area contributed by atoms with Crippen LogP contribution in [0.1, 0.15) is 37.7 Å². The lowest BCUT2D eigenvalue weighted by atomic mass is 9.87. The third kappa shape index (κ3) is 4.05. The largest absolute Gasteiger partial charge is 0.495 e. The van der Waals surface area contributed by atoms with E-state index >= 15 is 0 Å². The number of nitrogens with one attached hydrogen (secondary N) is 2. The van der Waals surface area contributed by atoms with Gasteiger partial charge >= 0.3 is 6.03 Å². The third-order valence-corrected chi connectivity index (χ3v) is 6.20. The molecule has 2 atom stereocenters. The number of piperidine rings is 1. The number of rotatable bonds is 6. The number of anilines is 1. The molecular formula is C20H29ClN4O3. The van der Waals surface area contributed by atoms with Crippen LogP contribution in [0.3, 0.4) is 0 Å². The Balaban J connectivity index is 1.72. The van der Waals surface area contributed by atoms with Crippen molar-refractivity contribution in [3.8, 4) is 5.75 Å². The summed E-state index contributed by atoms with van der Waals surface area (Å²) in [7, 11) is 5.58. The smallest absolute Gasteiger partial charge is 0.322 e. The first-order chi connectivity index (χ1) is 13.3. The van der Waals surface area contributed by atoms with Crippen LogP contribution < -0.4 is 20.3 Å². The zero-order valence-corrected chi connectivity index (χ0v) is 17.7. The summed E-state index contributed by atoms with van der Waals surface area (Å²) < 4.78 is 5.48. The van der Waals surface area contributed by atoms with E-state index in [1.807, 2.05) is 25.1 Å². The molecule has 3 amide bonds. The molecule has 0 aliphatic carbocycles. The minimum atomic E-state index is -0.468. The maximum atomic E-state index is 12.1. The van der Waals surface area contributed by atoms with Crippen molar-refractivity contribution < 1.29 is 14.3 Å². The van der Waals surface area contributed by atoms with Gasteiger partial charge in [-0.25, -0.2) is 4.79 Å². The van der Waals surface area contributed by atoms with Gasteiger partial charge in [0.15, 0.2) is 0 Å². The van der Waals surface area contributed by atoms with Crippen LogP contribution in [0.5, 0.6) is 5.75 Å². The highest BCUT2D eigenvalue weighted by atomic mass is 35.5. The minimum absolute atomic E-state index is 0.0180. The molecule has 3 rings (SSSR count). The van der Waals surface area contributed by atoms with Crippen LogP contribution in [0.2, 0.25) is 5.02 Å². The fourth-order valence-corrected chi connectivity index (χ4v) is 4.64. The van der Waals surface area contributed by atoms with Crippen LogP contribution in [-0.4, -0.2) is 63.2 Å². The quantitative estimate of drug-likeness (QED) is 0.708. The van der Waals surface area contributed by atoms with E-state index in [1.165, 1.54) is 5.56 Å². The zero-order valence-electron chi connectivity index (χ0n) is 16.9. The molecule has 28 heavy (non-hydrogen) atoms. The summed E-state index contributed by atoms with van der Waals surface area (Å²) in [6.07, 6.45) is 2.77.